The molecule has 186 valence electrons. The third-order valence-electron chi connectivity index (χ3n) is 5.91. The highest BCUT2D eigenvalue weighted by Crippen LogP contribution is 2.43. The van der Waals surface area contributed by atoms with Crippen LogP contribution in [0.4, 0.5) is 5.69 Å². The zero-order chi connectivity index (χ0) is 26.0. The number of Topliss-reactive ketones (excluding diaryl/α,β-unsaturated/α-hetero) is 1. The Balaban J connectivity index is 1.90. The van der Waals surface area contributed by atoms with Gasteiger partial charge in [0.25, 0.3) is 11.7 Å². The van der Waals surface area contributed by atoms with Gasteiger partial charge in [-0.25, -0.2) is 0 Å². The molecule has 0 radical (unpaired) electrons. The number of aliphatic hydroxyl groups is 1. The molecule has 3 aromatic rings. The molecule has 0 aromatic heterocycles. The SMILES string of the molecule is COc1ccc(/C(O)=C2\C(=O)C(=O)N(c3cccc(C)c3)C2c2cccc(OCC(C)C)c2)cc1Br. The minimum Gasteiger partial charge on any atom is -0.507 e. The van der Waals surface area contributed by atoms with Crippen molar-refractivity contribution in [2.45, 2.75) is 26.8 Å². The van der Waals surface area contributed by atoms with E-state index in [-0.39, 0.29) is 11.3 Å². The van der Waals surface area contributed by atoms with Gasteiger partial charge >= 0.3 is 0 Å². The van der Waals surface area contributed by atoms with Crippen LogP contribution in [0.1, 0.15) is 36.6 Å². The van der Waals surface area contributed by atoms with Crippen molar-refractivity contribution in [3.63, 3.8) is 0 Å². The average molecular weight is 550 g/mol. The van der Waals surface area contributed by atoms with Crippen LogP contribution in [0, 0.1) is 12.8 Å². The maximum absolute atomic E-state index is 13.4. The van der Waals surface area contributed by atoms with E-state index >= 15 is 0 Å². The molecule has 1 aliphatic rings. The van der Waals surface area contributed by atoms with Gasteiger partial charge in [0.15, 0.2) is 0 Å². The van der Waals surface area contributed by atoms with E-state index in [9.17, 15) is 14.7 Å². The van der Waals surface area contributed by atoms with E-state index < -0.39 is 17.7 Å². The Kier molecular flexibility index (Phi) is 7.50. The lowest BCUT2D eigenvalue weighted by Gasteiger charge is -2.26. The summed E-state index contributed by atoms with van der Waals surface area (Å²) < 4.78 is 11.8. The van der Waals surface area contributed by atoms with E-state index in [0.29, 0.717) is 45.3 Å². The van der Waals surface area contributed by atoms with Crippen LogP contribution in [0.2, 0.25) is 0 Å². The Morgan fingerprint density at radius 2 is 1.81 bits per heavy atom. The fourth-order valence-electron chi connectivity index (χ4n) is 4.20. The summed E-state index contributed by atoms with van der Waals surface area (Å²) >= 11 is 3.43. The second-order valence-corrected chi connectivity index (χ2v) is 9.99. The monoisotopic (exact) mass is 549 g/mol. The number of amides is 1. The zero-order valence-corrected chi connectivity index (χ0v) is 22.2. The van der Waals surface area contributed by atoms with Gasteiger partial charge in [0, 0.05) is 11.3 Å². The summed E-state index contributed by atoms with van der Waals surface area (Å²) in [7, 11) is 1.54. The van der Waals surface area contributed by atoms with E-state index in [1.165, 1.54) is 4.90 Å². The molecule has 1 atom stereocenters. The Morgan fingerprint density at radius 1 is 1.06 bits per heavy atom. The molecule has 6 nitrogen and oxygen atoms in total. The molecular formula is C29H28BrNO5. The van der Waals surface area contributed by atoms with Gasteiger partial charge in [-0.15, -0.1) is 0 Å². The molecular weight excluding hydrogens is 522 g/mol. The predicted octanol–water partition coefficient (Wildman–Crippen LogP) is 6.43. The number of nitrogens with zero attached hydrogens (tertiary/aromatic N) is 1. The van der Waals surface area contributed by atoms with Gasteiger partial charge in [-0.3, -0.25) is 14.5 Å². The molecule has 1 amide bonds. The van der Waals surface area contributed by atoms with E-state index in [4.69, 9.17) is 9.47 Å². The van der Waals surface area contributed by atoms with E-state index in [0.717, 1.165) is 5.56 Å². The number of anilines is 1. The summed E-state index contributed by atoms with van der Waals surface area (Å²) in [6.07, 6.45) is 0. The van der Waals surface area contributed by atoms with E-state index in [2.05, 4.69) is 29.8 Å². The third kappa shape index (κ3) is 5.02. The van der Waals surface area contributed by atoms with Gasteiger partial charge in [-0.1, -0.05) is 38.1 Å². The summed E-state index contributed by atoms with van der Waals surface area (Å²) in [6, 6.07) is 18.9. The molecule has 3 aromatic carbocycles. The first-order valence-corrected chi connectivity index (χ1v) is 12.4. The molecule has 1 unspecified atom stereocenters. The molecule has 7 heteroatoms. The average Bonchev–Trinajstić information content (AvgIpc) is 3.12. The van der Waals surface area contributed by atoms with E-state index in [1.807, 2.05) is 49.4 Å². The Morgan fingerprint density at radius 3 is 2.47 bits per heavy atom. The van der Waals surface area contributed by atoms with Gasteiger partial charge < -0.3 is 14.6 Å². The summed E-state index contributed by atoms with van der Waals surface area (Å²) in [5, 5.41) is 11.4. The smallest absolute Gasteiger partial charge is 0.300 e. The first kappa shape index (κ1) is 25.5. The number of halogens is 1. The topological polar surface area (TPSA) is 76.1 Å². The van der Waals surface area contributed by atoms with Crippen LogP contribution < -0.4 is 14.4 Å². The number of hydrogen-bond donors (Lipinski definition) is 1. The number of ether oxygens (including phenoxy) is 2. The van der Waals surface area contributed by atoms with Crippen molar-refractivity contribution >= 4 is 39.1 Å². The molecule has 0 aliphatic carbocycles. The third-order valence-corrected chi connectivity index (χ3v) is 6.53. The number of rotatable bonds is 7. The highest BCUT2D eigenvalue weighted by atomic mass is 79.9. The van der Waals surface area contributed by atoms with Gasteiger partial charge in [0.2, 0.25) is 0 Å². The van der Waals surface area contributed by atoms with Crippen molar-refractivity contribution in [2.24, 2.45) is 5.92 Å². The van der Waals surface area contributed by atoms with Crippen LogP contribution in [0.5, 0.6) is 11.5 Å². The van der Waals surface area contributed by atoms with Crippen LogP contribution in [0.25, 0.3) is 5.76 Å². The molecule has 1 fully saturated rings. The van der Waals surface area contributed by atoms with Crippen molar-refractivity contribution in [2.75, 3.05) is 18.6 Å². The molecule has 0 saturated carbocycles. The number of methoxy groups -OCH3 is 1. The Hall–Kier alpha value is -3.58. The number of aliphatic hydroxyl groups excluding tert-OH is 1. The molecule has 4 rings (SSSR count). The second kappa shape index (κ2) is 10.6. The lowest BCUT2D eigenvalue weighted by molar-refractivity contribution is -0.132. The first-order valence-electron chi connectivity index (χ1n) is 11.7. The molecule has 1 N–H and O–H groups in total. The molecule has 1 saturated heterocycles. The largest absolute Gasteiger partial charge is 0.507 e. The zero-order valence-electron chi connectivity index (χ0n) is 20.6. The Bertz CT molecular complexity index is 1350. The van der Waals surface area contributed by atoms with Gasteiger partial charge in [-0.05, 0) is 82.4 Å². The molecule has 36 heavy (non-hydrogen) atoms. The van der Waals surface area contributed by atoms with Crippen molar-refractivity contribution in [1.29, 1.82) is 0 Å². The molecule has 0 spiro atoms. The van der Waals surface area contributed by atoms with Crippen molar-refractivity contribution < 1.29 is 24.2 Å². The number of benzene rings is 3. The maximum atomic E-state index is 13.4. The van der Waals surface area contributed by atoms with E-state index in [1.54, 1.807) is 31.4 Å². The lowest BCUT2D eigenvalue weighted by atomic mass is 9.95. The predicted molar refractivity (Wildman–Crippen MR) is 143 cm³/mol. The number of carbonyl (C=O) groups is 2. The van der Waals surface area contributed by atoms with Gasteiger partial charge in [0.1, 0.15) is 17.3 Å². The maximum Gasteiger partial charge on any atom is 0.300 e. The highest BCUT2D eigenvalue weighted by molar-refractivity contribution is 9.10. The van der Waals surface area contributed by atoms with Crippen LogP contribution in [0.3, 0.4) is 0 Å². The van der Waals surface area contributed by atoms with Crippen LogP contribution >= 0.6 is 15.9 Å². The second-order valence-electron chi connectivity index (χ2n) is 9.13. The molecule has 0 bridgehead atoms. The normalized spacial score (nSPS) is 17.1. The number of carbonyl (C=O) groups excluding carboxylic acids is 2. The number of ketones is 1. The van der Waals surface area contributed by atoms with Crippen molar-refractivity contribution in [3.8, 4) is 11.5 Å². The molecule has 1 aliphatic heterocycles. The Labute approximate surface area is 219 Å². The summed E-state index contributed by atoms with van der Waals surface area (Å²) in [4.78, 5) is 28.2. The highest BCUT2D eigenvalue weighted by Gasteiger charge is 2.47. The standard InChI is InChI=1S/C29H28BrNO5/c1-17(2)16-36-22-10-6-8-19(14-22)26-25(27(32)20-11-12-24(35-4)23(30)15-20)28(33)29(34)31(26)21-9-5-7-18(3)13-21/h5-15,17,26,32H,16H2,1-4H3/b27-25+. The fraction of sp³-hybridized carbons (Fsp3) is 0.241. The van der Waals surface area contributed by atoms with Crippen LogP contribution in [0.15, 0.2) is 76.8 Å². The van der Waals surface area contributed by atoms with Crippen molar-refractivity contribution in [1.82, 2.24) is 0 Å². The van der Waals surface area contributed by atoms with Crippen LogP contribution in [-0.4, -0.2) is 30.5 Å². The number of aryl methyl sites for hydroxylation is 1. The minimum atomic E-state index is -0.838. The van der Waals surface area contributed by atoms with Crippen molar-refractivity contribution in [3.05, 3.63) is 93.5 Å². The summed E-state index contributed by atoms with van der Waals surface area (Å²) in [5.74, 6) is -0.167. The number of hydrogen-bond acceptors (Lipinski definition) is 5. The summed E-state index contributed by atoms with van der Waals surface area (Å²) in [5.41, 5.74) is 2.58. The summed E-state index contributed by atoms with van der Waals surface area (Å²) in [6.45, 7) is 6.57. The quantitative estimate of drug-likeness (QED) is 0.209. The lowest BCUT2D eigenvalue weighted by Crippen LogP contribution is -2.29. The first-order chi connectivity index (χ1) is 17.2. The van der Waals surface area contributed by atoms with Crippen LogP contribution in [-0.2, 0) is 9.59 Å². The fourth-order valence-corrected chi connectivity index (χ4v) is 4.74. The molecule has 1 heterocycles. The van der Waals surface area contributed by atoms with Gasteiger partial charge in [0.05, 0.1) is 29.8 Å². The minimum absolute atomic E-state index is 0.0135. The van der Waals surface area contributed by atoms with Gasteiger partial charge in [-0.2, -0.15) is 0 Å².